The van der Waals surface area contributed by atoms with Gasteiger partial charge in [-0.1, -0.05) is 13.8 Å². The van der Waals surface area contributed by atoms with Gasteiger partial charge >= 0.3 is 0 Å². The van der Waals surface area contributed by atoms with Crippen molar-refractivity contribution in [3.63, 3.8) is 0 Å². The topological polar surface area (TPSA) is 51.2 Å². The van der Waals surface area contributed by atoms with E-state index < -0.39 is 0 Å². The smallest absolute Gasteiger partial charge is 0.252 e. The van der Waals surface area contributed by atoms with E-state index in [1.807, 2.05) is 0 Å². The molecule has 1 amide bonds. The van der Waals surface area contributed by atoms with E-state index in [0.29, 0.717) is 24.6 Å². The van der Waals surface area contributed by atoms with Crippen LogP contribution in [0.2, 0.25) is 0 Å². The van der Waals surface area contributed by atoms with Crippen molar-refractivity contribution in [2.75, 3.05) is 19.8 Å². The summed E-state index contributed by atoms with van der Waals surface area (Å²) in [6.07, 6.45) is 4.04. The summed E-state index contributed by atoms with van der Waals surface area (Å²) in [5.74, 6) is 0.474. The zero-order valence-electron chi connectivity index (χ0n) is 10.5. The fourth-order valence-electron chi connectivity index (χ4n) is 1.29. The van der Waals surface area contributed by atoms with E-state index in [2.05, 4.69) is 24.1 Å². The summed E-state index contributed by atoms with van der Waals surface area (Å²) in [7, 11) is 0. The number of aromatic nitrogens is 1. The fourth-order valence-corrected chi connectivity index (χ4v) is 1.29. The van der Waals surface area contributed by atoms with Crippen LogP contribution < -0.4 is 5.32 Å². The number of rotatable bonds is 7. The standard InChI is InChI=1S/C13H20N2O2/c1-11(2)10-17-8-4-7-15-13(16)12-5-3-6-14-9-12/h3,5-6,9,11H,4,7-8,10H2,1-2H3,(H,15,16). The summed E-state index contributed by atoms with van der Waals surface area (Å²) in [5, 5.41) is 2.83. The average Bonchev–Trinajstić information content (AvgIpc) is 2.34. The maximum Gasteiger partial charge on any atom is 0.252 e. The van der Waals surface area contributed by atoms with Gasteiger partial charge in [-0.25, -0.2) is 0 Å². The minimum Gasteiger partial charge on any atom is -0.381 e. The predicted molar refractivity (Wildman–Crippen MR) is 66.8 cm³/mol. The quantitative estimate of drug-likeness (QED) is 0.735. The molecule has 0 bridgehead atoms. The number of nitrogens with zero attached hydrogens (tertiary/aromatic N) is 1. The number of nitrogens with one attached hydrogen (secondary N) is 1. The van der Waals surface area contributed by atoms with Crippen LogP contribution in [0.5, 0.6) is 0 Å². The number of ether oxygens (including phenoxy) is 1. The molecule has 17 heavy (non-hydrogen) atoms. The third kappa shape index (κ3) is 6.02. The minimum absolute atomic E-state index is 0.0815. The maximum atomic E-state index is 11.6. The van der Waals surface area contributed by atoms with Crippen molar-refractivity contribution in [1.29, 1.82) is 0 Å². The lowest BCUT2D eigenvalue weighted by Gasteiger charge is -2.07. The number of pyridine rings is 1. The molecule has 94 valence electrons. The van der Waals surface area contributed by atoms with Crippen molar-refractivity contribution < 1.29 is 9.53 Å². The van der Waals surface area contributed by atoms with Gasteiger partial charge in [0.05, 0.1) is 5.56 Å². The maximum absolute atomic E-state index is 11.6. The highest BCUT2D eigenvalue weighted by Crippen LogP contribution is 1.96. The molecule has 1 heterocycles. The largest absolute Gasteiger partial charge is 0.381 e. The fraction of sp³-hybridized carbons (Fsp3) is 0.538. The molecule has 0 saturated carbocycles. The van der Waals surface area contributed by atoms with E-state index in [1.54, 1.807) is 24.5 Å². The van der Waals surface area contributed by atoms with Crippen molar-refractivity contribution in [1.82, 2.24) is 10.3 Å². The molecule has 4 heteroatoms. The first-order valence-corrected chi connectivity index (χ1v) is 5.96. The van der Waals surface area contributed by atoms with Crippen LogP contribution in [-0.2, 0) is 4.74 Å². The molecule has 1 N–H and O–H groups in total. The summed E-state index contributed by atoms with van der Waals surface area (Å²) in [6.45, 7) is 6.32. The zero-order valence-corrected chi connectivity index (χ0v) is 10.5. The molecule has 0 saturated heterocycles. The first kappa shape index (κ1) is 13.6. The van der Waals surface area contributed by atoms with Crippen LogP contribution in [-0.4, -0.2) is 30.6 Å². The molecule has 0 aliphatic carbocycles. The predicted octanol–water partition coefficient (Wildman–Crippen LogP) is 1.87. The summed E-state index contributed by atoms with van der Waals surface area (Å²) < 4.78 is 5.42. The van der Waals surface area contributed by atoms with Gasteiger partial charge in [-0.05, 0) is 24.5 Å². The molecule has 1 aromatic heterocycles. The molecular formula is C13H20N2O2. The molecule has 1 aromatic rings. The lowest BCUT2D eigenvalue weighted by molar-refractivity contribution is 0.0924. The SMILES string of the molecule is CC(C)COCCCNC(=O)c1cccnc1. The van der Waals surface area contributed by atoms with Gasteiger partial charge in [0.1, 0.15) is 0 Å². The molecule has 0 aliphatic rings. The number of carbonyl (C=O) groups is 1. The highest BCUT2D eigenvalue weighted by atomic mass is 16.5. The molecule has 0 radical (unpaired) electrons. The van der Waals surface area contributed by atoms with Crippen LogP contribution in [0, 0.1) is 5.92 Å². The van der Waals surface area contributed by atoms with Gasteiger partial charge in [-0.15, -0.1) is 0 Å². The Kier molecular flexibility index (Phi) is 6.25. The molecule has 0 aromatic carbocycles. The van der Waals surface area contributed by atoms with Crippen LogP contribution in [0.15, 0.2) is 24.5 Å². The van der Waals surface area contributed by atoms with E-state index in [1.165, 1.54) is 0 Å². The van der Waals surface area contributed by atoms with Crippen molar-refractivity contribution in [2.24, 2.45) is 5.92 Å². The summed E-state index contributed by atoms with van der Waals surface area (Å²) in [5.41, 5.74) is 0.593. The molecular weight excluding hydrogens is 216 g/mol. The molecule has 0 aliphatic heterocycles. The molecule has 0 spiro atoms. The van der Waals surface area contributed by atoms with Gasteiger partial charge in [0, 0.05) is 32.2 Å². The van der Waals surface area contributed by atoms with Crippen LogP contribution in [0.4, 0.5) is 0 Å². The van der Waals surface area contributed by atoms with E-state index in [0.717, 1.165) is 13.0 Å². The summed E-state index contributed by atoms with van der Waals surface area (Å²) in [4.78, 5) is 15.5. The van der Waals surface area contributed by atoms with E-state index in [9.17, 15) is 4.79 Å². The van der Waals surface area contributed by atoms with Crippen LogP contribution in [0.1, 0.15) is 30.6 Å². The van der Waals surface area contributed by atoms with Gasteiger partial charge in [-0.3, -0.25) is 9.78 Å². The number of carbonyl (C=O) groups excluding carboxylic acids is 1. The Labute approximate surface area is 102 Å². The first-order valence-electron chi connectivity index (χ1n) is 5.96. The van der Waals surface area contributed by atoms with E-state index in [-0.39, 0.29) is 5.91 Å². The third-order valence-corrected chi connectivity index (χ3v) is 2.13. The van der Waals surface area contributed by atoms with Crippen molar-refractivity contribution in [2.45, 2.75) is 20.3 Å². The monoisotopic (exact) mass is 236 g/mol. The Morgan fingerprint density at radius 3 is 3.00 bits per heavy atom. The van der Waals surface area contributed by atoms with Gasteiger partial charge in [-0.2, -0.15) is 0 Å². The Morgan fingerprint density at radius 1 is 1.53 bits per heavy atom. The molecule has 0 unspecified atom stereocenters. The molecule has 0 fully saturated rings. The van der Waals surface area contributed by atoms with Gasteiger partial charge < -0.3 is 10.1 Å². The second-order valence-corrected chi connectivity index (χ2v) is 4.32. The molecule has 4 nitrogen and oxygen atoms in total. The van der Waals surface area contributed by atoms with Crippen LogP contribution in [0.25, 0.3) is 0 Å². The van der Waals surface area contributed by atoms with Crippen molar-refractivity contribution in [3.8, 4) is 0 Å². The third-order valence-electron chi connectivity index (χ3n) is 2.13. The average molecular weight is 236 g/mol. The zero-order chi connectivity index (χ0) is 12.5. The van der Waals surface area contributed by atoms with Gasteiger partial charge in [0.2, 0.25) is 0 Å². The first-order chi connectivity index (χ1) is 8.20. The van der Waals surface area contributed by atoms with Gasteiger partial charge in [0.25, 0.3) is 5.91 Å². The highest BCUT2D eigenvalue weighted by molar-refractivity contribution is 5.93. The van der Waals surface area contributed by atoms with Crippen molar-refractivity contribution >= 4 is 5.91 Å². The van der Waals surface area contributed by atoms with E-state index in [4.69, 9.17) is 4.74 Å². The molecule has 1 rings (SSSR count). The number of amides is 1. The van der Waals surface area contributed by atoms with E-state index >= 15 is 0 Å². The second-order valence-electron chi connectivity index (χ2n) is 4.32. The lowest BCUT2D eigenvalue weighted by atomic mass is 10.2. The van der Waals surface area contributed by atoms with Gasteiger partial charge in [0.15, 0.2) is 0 Å². The Bertz CT molecular complexity index is 325. The lowest BCUT2D eigenvalue weighted by Crippen LogP contribution is -2.25. The molecule has 0 atom stereocenters. The summed E-state index contributed by atoms with van der Waals surface area (Å²) >= 11 is 0. The Balaban J connectivity index is 2.09. The highest BCUT2D eigenvalue weighted by Gasteiger charge is 2.03. The summed E-state index contributed by atoms with van der Waals surface area (Å²) in [6, 6.07) is 3.50. The Hall–Kier alpha value is -1.42. The number of hydrogen-bond donors (Lipinski definition) is 1. The second kappa shape index (κ2) is 7.79. The normalized spacial score (nSPS) is 10.5. The van der Waals surface area contributed by atoms with Crippen LogP contribution >= 0.6 is 0 Å². The number of hydrogen-bond acceptors (Lipinski definition) is 3. The Morgan fingerprint density at radius 2 is 2.35 bits per heavy atom. The van der Waals surface area contributed by atoms with Crippen molar-refractivity contribution in [3.05, 3.63) is 30.1 Å². The van der Waals surface area contributed by atoms with Crippen LogP contribution in [0.3, 0.4) is 0 Å². The minimum atomic E-state index is -0.0815.